The lowest BCUT2D eigenvalue weighted by Gasteiger charge is -2.42. The van der Waals surface area contributed by atoms with E-state index in [-0.39, 0.29) is 22.8 Å². The summed E-state index contributed by atoms with van der Waals surface area (Å²) >= 11 is 0. The van der Waals surface area contributed by atoms with Crippen LogP contribution in [0.2, 0.25) is 0 Å². The smallest absolute Gasteiger partial charge is 0.254 e. The fourth-order valence-corrected chi connectivity index (χ4v) is 2.46. The lowest BCUT2D eigenvalue weighted by Crippen LogP contribution is -2.53. The maximum absolute atomic E-state index is 14.3. The SMILES string of the molecule is CCCNc1nccc(C(=O)NC2(CC)CCC2)c1F. The molecule has 0 bridgehead atoms. The highest BCUT2D eigenvalue weighted by molar-refractivity contribution is 5.95. The Kier molecular flexibility index (Phi) is 4.57. The molecule has 0 aliphatic heterocycles. The van der Waals surface area contributed by atoms with E-state index in [1.165, 1.54) is 12.3 Å². The molecule has 1 amide bonds. The quantitative estimate of drug-likeness (QED) is 0.841. The van der Waals surface area contributed by atoms with Crippen LogP contribution in [0.5, 0.6) is 0 Å². The van der Waals surface area contributed by atoms with Gasteiger partial charge < -0.3 is 10.6 Å². The molecule has 110 valence electrons. The van der Waals surface area contributed by atoms with Gasteiger partial charge in [0.1, 0.15) is 0 Å². The zero-order valence-electron chi connectivity index (χ0n) is 12.1. The van der Waals surface area contributed by atoms with Crippen LogP contribution in [-0.4, -0.2) is 23.0 Å². The molecule has 0 spiro atoms. The van der Waals surface area contributed by atoms with Crippen molar-refractivity contribution < 1.29 is 9.18 Å². The van der Waals surface area contributed by atoms with E-state index in [1.807, 2.05) is 6.92 Å². The van der Waals surface area contributed by atoms with E-state index in [1.54, 1.807) is 0 Å². The summed E-state index contributed by atoms with van der Waals surface area (Å²) in [5, 5.41) is 5.88. The second-order valence-electron chi connectivity index (χ2n) is 5.39. The first-order valence-electron chi connectivity index (χ1n) is 7.33. The Balaban J connectivity index is 2.13. The lowest BCUT2D eigenvalue weighted by molar-refractivity contribution is 0.0816. The van der Waals surface area contributed by atoms with E-state index in [4.69, 9.17) is 0 Å². The molecule has 20 heavy (non-hydrogen) atoms. The van der Waals surface area contributed by atoms with Crippen LogP contribution in [0.3, 0.4) is 0 Å². The molecule has 1 fully saturated rings. The Morgan fingerprint density at radius 1 is 1.45 bits per heavy atom. The molecule has 0 aromatic carbocycles. The number of amides is 1. The summed E-state index contributed by atoms with van der Waals surface area (Å²) in [4.78, 5) is 16.2. The molecule has 1 aliphatic rings. The summed E-state index contributed by atoms with van der Waals surface area (Å²) < 4.78 is 14.3. The van der Waals surface area contributed by atoms with Crippen LogP contribution in [0.1, 0.15) is 56.3 Å². The van der Waals surface area contributed by atoms with Crippen molar-refractivity contribution in [3.05, 3.63) is 23.6 Å². The molecule has 1 heterocycles. The predicted molar refractivity (Wildman–Crippen MR) is 77.3 cm³/mol. The molecule has 1 saturated carbocycles. The maximum atomic E-state index is 14.3. The number of nitrogens with zero attached hydrogens (tertiary/aromatic N) is 1. The summed E-state index contributed by atoms with van der Waals surface area (Å²) in [7, 11) is 0. The van der Waals surface area contributed by atoms with Gasteiger partial charge in [0.15, 0.2) is 11.6 Å². The van der Waals surface area contributed by atoms with Gasteiger partial charge in [-0.2, -0.15) is 0 Å². The number of aromatic nitrogens is 1. The number of rotatable bonds is 6. The number of nitrogens with one attached hydrogen (secondary N) is 2. The molecule has 0 unspecified atom stereocenters. The van der Waals surface area contributed by atoms with Gasteiger partial charge in [-0.15, -0.1) is 0 Å². The van der Waals surface area contributed by atoms with Crippen LogP contribution in [0.15, 0.2) is 12.3 Å². The molecule has 0 radical (unpaired) electrons. The number of hydrogen-bond acceptors (Lipinski definition) is 3. The highest BCUT2D eigenvalue weighted by Gasteiger charge is 2.37. The highest BCUT2D eigenvalue weighted by Crippen LogP contribution is 2.35. The zero-order chi connectivity index (χ0) is 14.6. The van der Waals surface area contributed by atoms with Gasteiger partial charge in [-0.3, -0.25) is 4.79 Å². The average Bonchev–Trinajstić information content (AvgIpc) is 2.41. The minimum absolute atomic E-state index is 0.0679. The van der Waals surface area contributed by atoms with Gasteiger partial charge >= 0.3 is 0 Å². The van der Waals surface area contributed by atoms with E-state index < -0.39 is 5.82 Å². The number of anilines is 1. The third kappa shape index (κ3) is 2.92. The molecule has 0 saturated heterocycles. The second kappa shape index (κ2) is 6.20. The van der Waals surface area contributed by atoms with Gasteiger partial charge in [0.05, 0.1) is 5.56 Å². The Morgan fingerprint density at radius 3 is 2.75 bits per heavy atom. The van der Waals surface area contributed by atoms with E-state index in [0.717, 1.165) is 32.1 Å². The summed E-state index contributed by atoms with van der Waals surface area (Å²) in [5.41, 5.74) is -0.0672. The Labute approximate surface area is 119 Å². The average molecular weight is 279 g/mol. The van der Waals surface area contributed by atoms with E-state index >= 15 is 0 Å². The van der Waals surface area contributed by atoms with Crippen molar-refractivity contribution >= 4 is 11.7 Å². The van der Waals surface area contributed by atoms with Crippen LogP contribution < -0.4 is 10.6 Å². The molecule has 1 aliphatic carbocycles. The van der Waals surface area contributed by atoms with Gasteiger partial charge in [-0.25, -0.2) is 9.37 Å². The van der Waals surface area contributed by atoms with Crippen LogP contribution in [0.4, 0.5) is 10.2 Å². The van der Waals surface area contributed by atoms with Crippen molar-refractivity contribution in [2.75, 3.05) is 11.9 Å². The van der Waals surface area contributed by atoms with Crippen molar-refractivity contribution in [3.8, 4) is 0 Å². The van der Waals surface area contributed by atoms with Crippen LogP contribution in [-0.2, 0) is 0 Å². The van der Waals surface area contributed by atoms with Crippen molar-refractivity contribution in [1.29, 1.82) is 0 Å². The van der Waals surface area contributed by atoms with Gasteiger partial charge in [0.2, 0.25) is 0 Å². The number of pyridine rings is 1. The fraction of sp³-hybridized carbons (Fsp3) is 0.600. The van der Waals surface area contributed by atoms with Gasteiger partial charge in [-0.05, 0) is 38.2 Å². The standard InChI is InChI=1S/C15H22FN3O/c1-3-9-17-13-12(16)11(6-10-18-13)14(20)19-15(4-2)7-5-8-15/h6,10H,3-5,7-9H2,1-2H3,(H,17,18)(H,19,20). The van der Waals surface area contributed by atoms with Crippen LogP contribution in [0.25, 0.3) is 0 Å². The second-order valence-corrected chi connectivity index (χ2v) is 5.39. The van der Waals surface area contributed by atoms with Crippen LogP contribution >= 0.6 is 0 Å². The molecule has 4 nitrogen and oxygen atoms in total. The number of halogens is 1. The number of carbonyl (C=O) groups is 1. The summed E-state index contributed by atoms with van der Waals surface area (Å²) in [6.07, 6.45) is 6.29. The van der Waals surface area contributed by atoms with Gasteiger partial charge in [0.25, 0.3) is 5.91 Å². The van der Waals surface area contributed by atoms with Crippen molar-refractivity contribution in [2.24, 2.45) is 0 Å². The minimum Gasteiger partial charge on any atom is -0.368 e. The van der Waals surface area contributed by atoms with Gasteiger partial charge in [-0.1, -0.05) is 13.8 Å². The first-order chi connectivity index (χ1) is 9.62. The molecule has 1 aromatic heterocycles. The summed E-state index contributed by atoms with van der Waals surface area (Å²) in [5.74, 6) is -0.756. The highest BCUT2D eigenvalue weighted by atomic mass is 19.1. The third-order valence-electron chi connectivity index (χ3n) is 4.04. The molecule has 0 atom stereocenters. The maximum Gasteiger partial charge on any atom is 0.254 e. The molecular weight excluding hydrogens is 257 g/mol. The topological polar surface area (TPSA) is 54.0 Å². The zero-order valence-corrected chi connectivity index (χ0v) is 12.1. The van der Waals surface area contributed by atoms with E-state index in [0.29, 0.717) is 6.54 Å². The first kappa shape index (κ1) is 14.8. The normalized spacial score (nSPS) is 16.4. The number of carbonyl (C=O) groups excluding carboxylic acids is 1. The summed E-state index contributed by atoms with van der Waals surface area (Å²) in [6, 6.07) is 1.43. The monoisotopic (exact) mass is 279 g/mol. The Morgan fingerprint density at radius 2 is 2.20 bits per heavy atom. The Hall–Kier alpha value is -1.65. The van der Waals surface area contributed by atoms with E-state index in [2.05, 4.69) is 22.5 Å². The van der Waals surface area contributed by atoms with Crippen molar-refractivity contribution in [3.63, 3.8) is 0 Å². The van der Waals surface area contributed by atoms with E-state index in [9.17, 15) is 9.18 Å². The largest absolute Gasteiger partial charge is 0.368 e. The Bertz CT molecular complexity index is 480. The predicted octanol–water partition coefficient (Wildman–Crippen LogP) is 3.11. The van der Waals surface area contributed by atoms with Crippen LogP contribution in [0, 0.1) is 5.82 Å². The fourth-order valence-electron chi connectivity index (χ4n) is 2.46. The molecule has 1 aromatic rings. The third-order valence-corrected chi connectivity index (χ3v) is 4.04. The van der Waals surface area contributed by atoms with Gasteiger partial charge in [0, 0.05) is 18.3 Å². The summed E-state index contributed by atoms with van der Waals surface area (Å²) in [6.45, 7) is 4.67. The number of hydrogen-bond donors (Lipinski definition) is 2. The molecule has 2 rings (SSSR count). The lowest BCUT2D eigenvalue weighted by atomic mass is 9.74. The van der Waals surface area contributed by atoms with Crippen molar-refractivity contribution in [2.45, 2.75) is 51.5 Å². The first-order valence-corrected chi connectivity index (χ1v) is 7.33. The minimum atomic E-state index is -0.566. The molecule has 5 heteroatoms. The molecule has 2 N–H and O–H groups in total. The molecular formula is C15H22FN3O. The van der Waals surface area contributed by atoms with Crippen molar-refractivity contribution in [1.82, 2.24) is 10.3 Å².